The number of aryl methyl sites for hydroxylation is 1. The van der Waals surface area contributed by atoms with Crippen LogP contribution >= 0.6 is 11.6 Å². The van der Waals surface area contributed by atoms with Crippen LogP contribution in [0.3, 0.4) is 0 Å². The minimum atomic E-state index is -0.444. The summed E-state index contributed by atoms with van der Waals surface area (Å²) >= 11 is 5.38. The normalized spacial score (nSPS) is 13.1. The van der Waals surface area contributed by atoms with Crippen molar-refractivity contribution in [2.24, 2.45) is 0 Å². The van der Waals surface area contributed by atoms with Gasteiger partial charge in [-0.1, -0.05) is 17.7 Å². The summed E-state index contributed by atoms with van der Waals surface area (Å²) < 4.78 is 5.46. The van der Waals surface area contributed by atoms with Crippen molar-refractivity contribution in [3.05, 3.63) is 40.9 Å². The van der Waals surface area contributed by atoms with Gasteiger partial charge in [-0.25, -0.2) is 0 Å². The Bertz CT molecular complexity index is 345. The second-order valence-corrected chi connectivity index (χ2v) is 3.63. The molecular formula is C12H15ClO2. The second-order valence-electron chi connectivity index (χ2n) is 3.37. The van der Waals surface area contributed by atoms with Gasteiger partial charge in [-0.3, -0.25) is 0 Å². The third-order valence-electron chi connectivity index (χ3n) is 2.11. The Hall–Kier alpha value is -0.990. The molecule has 0 aliphatic heterocycles. The number of ether oxygens (including phenoxy) is 1. The summed E-state index contributed by atoms with van der Waals surface area (Å²) in [6, 6.07) is 5.64. The van der Waals surface area contributed by atoms with E-state index in [1.807, 2.05) is 25.1 Å². The fourth-order valence-corrected chi connectivity index (χ4v) is 1.34. The predicted octanol–water partition coefficient (Wildman–Crippen LogP) is 3.18. The quantitative estimate of drug-likeness (QED) is 0.855. The summed E-state index contributed by atoms with van der Waals surface area (Å²) in [4.78, 5) is 0. The molecule has 0 spiro atoms. The highest BCUT2D eigenvalue weighted by Crippen LogP contribution is 2.22. The lowest BCUT2D eigenvalue weighted by atomic mass is 10.1. The molecule has 0 saturated carbocycles. The van der Waals surface area contributed by atoms with E-state index >= 15 is 0 Å². The summed E-state index contributed by atoms with van der Waals surface area (Å²) in [5.74, 6) is 0.814. The smallest absolute Gasteiger partial charge is 0.122 e. The summed E-state index contributed by atoms with van der Waals surface area (Å²) in [6.45, 7) is 4.15. The van der Waals surface area contributed by atoms with Crippen LogP contribution in [0.5, 0.6) is 5.75 Å². The van der Waals surface area contributed by atoms with Gasteiger partial charge < -0.3 is 9.84 Å². The first kappa shape index (κ1) is 12.1. The average Bonchev–Trinajstić information content (AvgIpc) is 2.20. The lowest BCUT2D eigenvalue weighted by Crippen LogP contribution is -1.97. The van der Waals surface area contributed by atoms with Crippen LogP contribution < -0.4 is 4.74 Å². The van der Waals surface area contributed by atoms with Crippen LogP contribution in [0.15, 0.2) is 29.8 Å². The molecule has 2 nitrogen and oxygen atoms in total. The molecule has 15 heavy (non-hydrogen) atoms. The molecule has 1 aromatic rings. The Morgan fingerprint density at radius 1 is 1.53 bits per heavy atom. The number of rotatable bonds is 4. The van der Waals surface area contributed by atoms with Crippen LogP contribution in [0.25, 0.3) is 0 Å². The van der Waals surface area contributed by atoms with Crippen molar-refractivity contribution in [3.8, 4) is 5.75 Å². The topological polar surface area (TPSA) is 29.5 Å². The minimum absolute atomic E-state index is 0.444. The highest BCUT2D eigenvalue weighted by Gasteiger charge is 2.04. The van der Waals surface area contributed by atoms with Crippen LogP contribution in [-0.2, 0) is 0 Å². The van der Waals surface area contributed by atoms with Crippen LogP contribution in [0.2, 0.25) is 0 Å². The van der Waals surface area contributed by atoms with E-state index in [0.717, 1.165) is 16.9 Å². The van der Waals surface area contributed by atoms with Gasteiger partial charge in [0.15, 0.2) is 0 Å². The average molecular weight is 227 g/mol. The van der Waals surface area contributed by atoms with Gasteiger partial charge >= 0.3 is 0 Å². The summed E-state index contributed by atoms with van der Waals surface area (Å²) in [6.07, 6.45) is 1.28. The summed E-state index contributed by atoms with van der Waals surface area (Å²) in [5.41, 5.74) is 3.34. The molecule has 0 radical (unpaired) electrons. The predicted molar refractivity (Wildman–Crippen MR) is 62.3 cm³/mol. The standard InChI is InChI=1S/C12H15ClO2/c1-9-8-11(10(2)14)4-5-12(9)15-7-3-6-13/h3-6,8,10,14H,7H2,1-2H3/b6-3+/t10-/m0/s1. The maximum Gasteiger partial charge on any atom is 0.122 e. The SMILES string of the molecule is Cc1cc([C@H](C)O)ccc1OC/C=C/Cl. The van der Waals surface area contributed by atoms with Gasteiger partial charge in [-0.05, 0) is 43.2 Å². The lowest BCUT2D eigenvalue weighted by molar-refractivity contribution is 0.199. The van der Waals surface area contributed by atoms with E-state index in [-0.39, 0.29) is 0 Å². The molecule has 3 heteroatoms. The van der Waals surface area contributed by atoms with Crippen molar-refractivity contribution in [1.29, 1.82) is 0 Å². The van der Waals surface area contributed by atoms with Gasteiger partial charge in [0, 0.05) is 5.54 Å². The van der Waals surface area contributed by atoms with Gasteiger partial charge in [0.1, 0.15) is 12.4 Å². The zero-order valence-electron chi connectivity index (χ0n) is 8.90. The largest absolute Gasteiger partial charge is 0.489 e. The number of hydrogen-bond donors (Lipinski definition) is 1. The van der Waals surface area contributed by atoms with Crippen LogP contribution in [0.4, 0.5) is 0 Å². The highest BCUT2D eigenvalue weighted by atomic mass is 35.5. The van der Waals surface area contributed by atoms with E-state index in [9.17, 15) is 5.11 Å². The number of aliphatic hydroxyl groups is 1. The van der Waals surface area contributed by atoms with Gasteiger partial charge in [0.05, 0.1) is 6.10 Å². The highest BCUT2D eigenvalue weighted by molar-refractivity contribution is 6.25. The molecule has 1 N–H and O–H groups in total. The molecule has 0 amide bonds. The van der Waals surface area contributed by atoms with Gasteiger partial charge in [0.25, 0.3) is 0 Å². The molecule has 1 atom stereocenters. The molecular weight excluding hydrogens is 212 g/mol. The lowest BCUT2D eigenvalue weighted by Gasteiger charge is -2.10. The summed E-state index contributed by atoms with van der Waals surface area (Å²) in [5, 5.41) is 9.38. The van der Waals surface area contributed by atoms with Crippen molar-refractivity contribution in [2.75, 3.05) is 6.61 Å². The molecule has 0 saturated heterocycles. The molecule has 1 rings (SSSR count). The first-order valence-electron chi connectivity index (χ1n) is 4.81. The van der Waals surface area contributed by atoms with E-state index in [4.69, 9.17) is 16.3 Å². The van der Waals surface area contributed by atoms with Crippen molar-refractivity contribution >= 4 is 11.6 Å². The number of hydrogen-bond acceptors (Lipinski definition) is 2. The molecule has 1 aromatic carbocycles. The Morgan fingerprint density at radius 2 is 2.27 bits per heavy atom. The van der Waals surface area contributed by atoms with Gasteiger partial charge in [0.2, 0.25) is 0 Å². The van der Waals surface area contributed by atoms with E-state index < -0.39 is 6.10 Å². The Morgan fingerprint density at radius 3 is 2.80 bits per heavy atom. The van der Waals surface area contributed by atoms with Crippen LogP contribution in [-0.4, -0.2) is 11.7 Å². The van der Waals surface area contributed by atoms with Gasteiger partial charge in [-0.2, -0.15) is 0 Å². The fourth-order valence-electron chi connectivity index (χ4n) is 1.27. The third-order valence-corrected chi connectivity index (χ3v) is 2.28. The van der Waals surface area contributed by atoms with Crippen LogP contribution in [0, 0.1) is 6.92 Å². The zero-order valence-corrected chi connectivity index (χ0v) is 9.66. The van der Waals surface area contributed by atoms with Crippen molar-refractivity contribution in [2.45, 2.75) is 20.0 Å². The van der Waals surface area contributed by atoms with Crippen molar-refractivity contribution < 1.29 is 9.84 Å². The molecule has 0 aliphatic carbocycles. The Balaban J connectivity index is 2.74. The van der Waals surface area contributed by atoms with E-state index in [0.29, 0.717) is 6.61 Å². The molecule has 0 heterocycles. The van der Waals surface area contributed by atoms with Crippen molar-refractivity contribution in [3.63, 3.8) is 0 Å². The van der Waals surface area contributed by atoms with Crippen LogP contribution in [0.1, 0.15) is 24.2 Å². The zero-order chi connectivity index (χ0) is 11.3. The van der Waals surface area contributed by atoms with Gasteiger partial charge in [-0.15, -0.1) is 0 Å². The first-order chi connectivity index (χ1) is 7.15. The second kappa shape index (κ2) is 5.79. The minimum Gasteiger partial charge on any atom is -0.489 e. The first-order valence-corrected chi connectivity index (χ1v) is 5.25. The van der Waals surface area contributed by atoms with E-state index in [1.54, 1.807) is 13.0 Å². The third kappa shape index (κ3) is 3.57. The molecule has 0 aromatic heterocycles. The monoisotopic (exact) mass is 226 g/mol. The molecule has 0 aliphatic rings. The molecule has 0 bridgehead atoms. The maximum atomic E-state index is 9.38. The van der Waals surface area contributed by atoms with E-state index in [2.05, 4.69) is 0 Å². The number of aliphatic hydroxyl groups excluding tert-OH is 1. The molecule has 0 fully saturated rings. The fraction of sp³-hybridized carbons (Fsp3) is 0.333. The summed E-state index contributed by atoms with van der Waals surface area (Å²) in [7, 11) is 0. The van der Waals surface area contributed by atoms with E-state index in [1.165, 1.54) is 5.54 Å². The number of benzene rings is 1. The number of halogens is 1. The molecule has 0 unspecified atom stereocenters. The van der Waals surface area contributed by atoms with Crippen molar-refractivity contribution in [1.82, 2.24) is 0 Å². The molecule has 82 valence electrons. The maximum absolute atomic E-state index is 9.38. The Labute approximate surface area is 95.1 Å². The Kier molecular flexibility index (Phi) is 4.66.